The topological polar surface area (TPSA) is 26.0 Å². The molecule has 56 valence electrons. The van der Waals surface area contributed by atoms with Crippen LogP contribution in [-0.4, -0.2) is 17.5 Å². The van der Waals surface area contributed by atoms with Crippen LogP contribution in [0, 0.1) is 5.92 Å². The maximum atomic E-state index is 5.54. The molecule has 2 heteroatoms. The zero-order valence-electron chi connectivity index (χ0n) is 6.55. The molecule has 0 aromatic heterocycles. The molecule has 0 aromatic carbocycles. The van der Waals surface area contributed by atoms with Crippen LogP contribution in [0.15, 0.2) is 0 Å². The Morgan fingerprint density at radius 2 is 2.00 bits per heavy atom. The molecule has 1 atom stereocenters. The van der Waals surface area contributed by atoms with Crippen LogP contribution in [-0.2, 0) is 0 Å². The molecule has 0 saturated carbocycles. The molecule has 2 N–H and O–H groups in total. The lowest BCUT2D eigenvalue weighted by molar-refractivity contribution is 0.613. The fourth-order valence-corrected chi connectivity index (χ4v) is 1.70. The highest BCUT2D eigenvalue weighted by Gasteiger charge is 2.09. The maximum Gasteiger partial charge on any atom is 0.0193 e. The third kappa shape index (κ3) is 3.82. The van der Waals surface area contributed by atoms with Crippen molar-refractivity contribution in [2.75, 3.05) is 12.3 Å². The smallest absolute Gasteiger partial charge is 0.0193 e. The predicted octanol–water partition coefficient (Wildman–Crippen LogP) is 1.72. The Kier molecular flexibility index (Phi) is 5.30. The molecule has 0 heterocycles. The normalized spacial score (nSPS) is 14.3. The van der Waals surface area contributed by atoms with E-state index in [9.17, 15) is 0 Å². The van der Waals surface area contributed by atoms with Crippen LogP contribution in [0.4, 0.5) is 0 Å². The summed E-state index contributed by atoms with van der Waals surface area (Å²) in [5, 5.41) is 0.662. The summed E-state index contributed by atoms with van der Waals surface area (Å²) in [7, 11) is 0. The zero-order valence-corrected chi connectivity index (χ0v) is 7.37. The summed E-state index contributed by atoms with van der Waals surface area (Å²) in [5.74, 6) is 1.90. The first-order valence-electron chi connectivity index (χ1n) is 3.54. The van der Waals surface area contributed by atoms with Crippen molar-refractivity contribution in [3.05, 3.63) is 0 Å². The molecular weight excluding hydrogens is 130 g/mol. The molecule has 0 saturated heterocycles. The van der Waals surface area contributed by atoms with Crippen molar-refractivity contribution in [1.29, 1.82) is 0 Å². The third-order valence-electron chi connectivity index (χ3n) is 1.36. The Bertz CT molecular complexity index is 63.9. The zero-order chi connectivity index (χ0) is 7.28. The van der Waals surface area contributed by atoms with Gasteiger partial charge >= 0.3 is 0 Å². The van der Waals surface area contributed by atoms with Crippen molar-refractivity contribution >= 4 is 11.8 Å². The van der Waals surface area contributed by atoms with Gasteiger partial charge in [0, 0.05) is 11.8 Å². The molecule has 0 aromatic rings. The van der Waals surface area contributed by atoms with E-state index in [0.717, 1.165) is 12.5 Å². The number of hydrogen-bond donors (Lipinski definition) is 1. The first kappa shape index (κ1) is 9.31. The van der Waals surface area contributed by atoms with E-state index in [1.165, 1.54) is 5.75 Å². The van der Waals surface area contributed by atoms with Crippen molar-refractivity contribution in [2.24, 2.45) is 11.7 Å². The molecule has 0 radical (unpaired) electrons. The molecule has 0 fully saturated rings. The molecule has 0 spiro atoms. The Hall–Kier alpha value is 0.310. The molecule has 0 aliphatic heterocycles. The quantitative estimate of drug-likeness (QED) is 0.655. The van der Waals surface area contributed by atoms with Gasteiger partial charge < -0.3 is 5.73 Å². The van der Waals surface area contributed by atoms with E-state index in [4.69, 9.17) is 5.73 Å². The summed E-state index contributed by atoms with van der Waals surface area (Å²) in [4.78, 5) is 0. The molecule has 0 bridgehead atoms. The fraction of sp³-hybridized carbons (Fsp3) is 1.00. The second-order valence-electron chi connectivity index (χ2n) is 2.47. The van der Waals surface area contributed by atoms with Gasteiger partial charge in [-0.25, -0.2) is 0 Å². The van der Waals surface area contributed by atoms with Gasteiger partial charge in [0.05, 0.1) is 0 Å². The van der Waals surface area contributed by atoms with Crippen molar-refractivity contribution in [3.63, 3.8) is 0 Å². The fourth-order valence-electron chi connectivity index (χ4n) is 0.747. The highest BCUT2D eigenvalue weighted by atomic mass is 32.2. The van der Waals surface area contributed by atoms with Crippen LogP contribution in [0.5, 0.6) is 0 Å². The third-order valence-corrected chi connectivity index (χ3v) is 2.85. The van der Waals surface area contributed by atoms with Crippen LogP contribution in [0.25, 0.3) is 0 Å². The summed E-state index contributed by atoms with van der Waals surface area (Å²) in [5.41, 5.74) is 5.54. The van der Waals surface area contributed by atoms with Crippen molar-refractivity contribution in [3.8, 4) is 0 Å². The van der Waals surface area contributed by atoms with E-state index in [0.29, 0.717) is 5.25 Å². The number of nitrogens with two attached hydrogens (primary N) is 1. The van der Waals surface area contributed by atoms with Gasteiger partial charge in [-0.15, -0.1) is 0 Å². The maximum absolute atomic E-state index is 5.54. The van der Waals surface area contributed by atoms with Gasteiger partial charge in [0.2, 0.25) is 0 Å². The largest absolute Gasteiger partial charge is 0.329 e. The van der Waals surface area contributed by atoms with Crippen LogP contribution >= 0.6 is 11.8 Å². The van der Waals surface area contributed by atoms with Crippen LogP contribution < -0.4 is 5.73 Å². The minimum Gasteiger partial charge on any atom is -0.329 e. The lowest BCUT2D eigenvalue weighted by atomic mass is 10.1. The number of hydrogen-bond acceptors (Lipinski definition) is 2. The van der Waals surface area contributed by atoms with Gasteiger partial charge in [-0.1, -0.05) is 20.8 Å². The Balaban J connectivity index is 3.41. The lowest BCUT2D eigenvalue weighted by Gasteiger charge is -2.16. The van der Waals surface area contributed by atoms with Gasteiger partial charge in [0.1, 0.15) is 0 Å². The van der Waals surface area contributed by atoms with Gasteiger partial charge in [0.25, 0.3) is 0 Å². The van der Waals surface area contributed by atoms with E-state index < -0.39 is 0 Å². The van der Waals surface area contributed by atoms with Crippen molar-refractivity contribution in [2.45, 2.75) is 26.0 Å². The summed E-state index contributed by atoms with van der Waals surface area (Å²) in [6.45, 7) is 7.44. The summed E-state index contributed by atoms with van der Waals surface area (Å²) >= 11 is 1.96. The second-order valence-corrected chi connectivity index (χ2v) is 3.99. The molecule has 0 rings (SSSR count). The van der Waals surface area contributed by atoms with Gasteiger partial charge in [-0.2, -0.15) is 11.8 Å². The molecule has 1 unspecified atom stereocenters. The summed E-state index contributed by atoms with van der Waals surface area (Å²) < 4.78 is 0. The van der Waals surface area contributed by atoms with Crippen LogP contribution in [0.2, 0.25) is 0 Å². The lowest BCUT2D eigenvalue weighted by Crippen LogP contribution is -2.22. The molecule has 1 nitrogen and oxygen atoms in total. The SMILES string of the molecule is CCSC(CN)C(C)C. The molecule has 0 aliphatic rings. The van der Waals surface area contributed by atoms with Gasteiger partial charge in [-0.05, 0) is 11.7 Å². The minimum absolute atomic E-state index is 0.662. The van der Waals surface area contributed by atoms with Crippen LogP contribution in [0.1, 0.15) is 20.8 Å². The molecule has 0 amide bonds. The predicted molar refractivity (Wildman–Crippen MR) is 45.8 cm³/mol. The first-order valence-corrected chi connectivity index (χ1v) is 4.58. The average Bonchev–Trinajstić information content (AvgIpc) is 1.82. The Morgan fingerprint density at radius 1 is 1.44 bits per heavy atom. The van der Waals surface area contributed by atoms with Gasteiger partial charge in [0.15, 0.2) is 0 Å². The highest BCUT2D eigenvalue weighted by molar-refractivity contribution is 7.99. The molecule has 0 aliphatic carbocycles. The summed E-state index contributed by atoms with van der Waals surface area (Å²) in [6.07, 6.45) is 0. The molecule has 9 heavy (non-hydrogen) atoms. The van der Waals surface area contributed by atoms with Crippen molar-refractivity contribution in [1.82, 2.24) is 0 Å². The van der Waals surface area contributed by atoms with E-state index in [1.807, 2.05) is 11.8 Å². The Labute approximate surface area is 62.4 Å². The van der Waals surface area contributed by atoms with Crippen LogP contribution in [0.3, 0.4) is 0 Å². The van der Waals surface area contributed by atoms with E-state index in [2.05, 4.69) is 20.8 Å². The second kappa shape index (κ2) is 5.12. The minimum atomic E-state index is 0.662. The molecular formula is C7H17NS. The van der Waals surface area contributed by atoms with E-state index >= 15 is 0 Å². The average molecular weight is 147 g/mol. The van der Waals surface area contributed by atoms with E-state index in [-0.39, 0.29) is 0 Å². The van der Waals surface area contributed by atoms with E-state index in [1.54, 1.807) is 0 Å². The standard InChI is InChI=1S/C7H17NS/c1-4-9-7(5-8)6(2)3/h6-7H,4-5,8H2,1-3H3. The number of rotatable bonds is 4. The monoisotopic (exact) mass is 147 g/mol. The van der Waals surface area contributed by atoms with Gasteiger partial charge in [-0.3, -0.25) is 0 Å². The highest BCUT2D eigenvalue weighted by Crippen LogP contribution is 2.17. The number of thioether (sulfide) groups is 1. The first-order chi connectivity index (χ1) is 4.22. The Morgan fingerprint density at radius 3 is 2.11 bits per heavy atom. The summed E-state index contributed by atoms with van der Waals surface area (Å²) in [6, 6.07) is 0. The van der Waals surface area contributed by atoms with Crippen molar-refractivity contribution < 1.29 is 0 Å².